The van der Waals surface area contributed by atoms with Crippen molar-refractivity contribution in [3.8, 4) is 0 Å². The number of allylic oxidation sites excluding steroid dienone is 5. The predicted molar refractivity (Wildman–Crippen MR) is 167 cm³/mol. The van der Waals surface area contributed by atoms with Crippen molar-refractivity contribution in [3.63, 3.8) is 0 Å². The van der Waals surface area contributed by atoms with Gasteiger partial charge in [-0.15, -0.1) is 5.11 Å². The lowest BCUT2D eigenvalue weighted by Crippen LogP contribution is -2.28. The highest BCUT2D eigenvalue weighted by Gasteiger charge is 2.37. The van der Waals surface area contributed by atoms with Crippen LogP contribution >= 0.6 is 0 Å². The Bertz CT molecular complexity index is 2120. The zero-order chi connectivity index (χ0) is 32.4. The van der Waals surface area contributed by atoms with Crippen LogP contribution in [0.4, 0.5) is 28.4 Å². The number of hydrazone groups is 2. The number of Topliss-reactive ketones (excluding diaryl/α,β-unsaturated/α-hetero) is 1. The molecule has 17 heteroatoms. The third-order valence-electron chi connectivity index (χ3n) is 6.21. The van der Waals surface area contributed by atoms with Crippen molar-refractivity contribution < 1.29 is 35.5 Å². The molecule has 0 saturated heterocycles. The van der Waals surface area contributed by atoms with Gasteiger partial charge < -0.3 is 5.73 Å². The number of hydrogen-bond donors (Lipinski definition) is 5. The summed E-state index contributed by atoms with van der Waals surface area (Å²) in [5.41, 5.74) is 10.6. The fourth-order valence-corrected chi connectivity index (χ4v) is 5.42. The first-order chi connectivity index (χ1) is 21.3. The molecule has 0 radical (unpaired) electrons. The number of nitrogens with zero attached hydrogens (tertiary/aromatic N) is 4. The molecular formula is C28H21N7O8S2. The van der Waals surface area contributed by atoms with Crippen LogP contribution in [-0.2, 0) is 25.0 Å². The average Bonchev–Trinajstić information content (AvgIpc) is 2.99. The molecule has 0 heterocycles. The van der Waals surface area contributed by atoms with Crippen LogP contribution in [0.25, 0.3) is 6.08 Å². The van der Waals surface area contributed by atoms with Crippen molar-refractivity contribution in [3.05, 3.63) is 101 Å². The minimum atomic E-state index is -5.05. The topological polar surface area (TPSA) is 242 Å². The zero-order valence-corrected chi connectivity index (χ0v) is 24.3. The molecular weight excluding hydrogens is 626 g/mol. The highest BCUT2D eigenvalue weighted by molar-refractivity contribution is 7.91. The third kappa shape index (κ3) is 6.97. The minimum Gasteiger partial charge on any atom is -0.396 e. The van der Waals surface area contributed by atoms with Crippen molar-refractivity contribution >= 4 is 77.7 Å². The summed E-state index contributed by atoms with van der Waals surface area (Å²) < 4.78 is 68.7. The number of nitrogen functional groups attached to an aromatic ring is 1. The normalized spacial score (nSPS) is 15.7. The van der Waals surface area contributed by atoms with E-state index in [0.29, 0.717) is 17.1 Å². The second-order valence-electron chi connectivity index (χ2n) is 9.29. The number of ketones is 2. The molecule has 0 amide bonds. The molecule has 0 saturated carbocycles. The first kappa shape index (κ1) is 30.8. The van der Waals surface area contributed by atoms with Crippen LogP contribution in [0.1, 0.15) is 15.9 Å². The molecule has 6 N–H and O–H groups in total. The lowest BCUT2D eigenvalue weighted by atomic mass is 9.92. The number of azo groups is 1. The predicted octanol–water partition coefficient (Wildman–Crippen LogP) is 4.29. The van der Waals surface area contributed by atoms with Gasteiger partial charge >= 0.3 is 0 Å². The van der Waals surface area contributed by atoms with Gasteiger partial charge in [0.05, 0.1) is 34.0 Å². The quantitative estimate of drug-likeness (QED) is 0.0759. The van der Waals surface area contributed by atoms with E-state index in [9.17, 15) is 35.5 Å². The fraction of sp³-hybridized carbons (Fsp3) is 0. The Morgan fingerprint density at radius 1 is 0.733 bits per heavy atom. The highest BCUT2D eigenvalue weighted by atomic mass is 32.2. The highest BCUT2D eigenvalue weighted by Crippen LogP contribution is 2.40. The molecule has 15 nitrogen and oxygen atoms in total. The van der Waals surface area contributed by atoms with Gasteiger partial charge in [-0.2, -0.15) is 32.2 Å². The van der Waals surface area contributed by atoms with Crippen molar-refractivity contribution in [1.29, 1.82) is 0 Å². The summed E-state index contributed by atoms with van der Waals surface area (Å²) in [6.45, 7) is 0. The van der Waals surface area contributed by atoms with E-state index in [-0.39, 0.29) is 22.6 Å². The summed E-state index contributed by atoms with van der Waals surface area (Å²) in [6, 6.07) is 15.1. The van der Waals surface area contributed by atoms with E-state index in [1.54, 1.807) is 42.5 Å². The number of fused-ring (bicyclic) bond motifs is 1. The second kappa shape index (κ2) is 12.2. The number of para-hydroxylation sites is 1. The lowest BCUT2D eigenvalue weighted by molar-refractivity contribution is -0.110. The average molecular weight is 648 g/mol. The first-order valence-electron chi connectivity index (χ1n) is 12.6. The molecule has 0 unspecified atom stereocenters. The lowest BCUT2D eigenvalue weighted by Gasteiger charge is -2.20. The van der Waals surface area contributed by atoms with Gasteiger partial charge in [-0.05, 0) is 78.4 Å². The summed E-state index contributed by atoms with van der Waals surface area (Å²) in [5, 5.41) is 15.9. The number of hydrogen-bond acceptors (Lipinski definition) is 13. The molecule has 0 bridgehead atoms. The SMILES string of the molecule is Nc1c(N=Nc2ccc(NN=C3C=CC(=O)C=C3)cc2)c(S(=O)(=O)O)cc2c1C(=O)/C(=N/Nc1ccccc1)C(S(=O)(=O)O)=C2. The number of rotatable bonds is 8. The van der Waals surface area contributed by atoms with Gasteiger partial charge in [0.15, 0.2) is 11.5 Å². The monoisotopic (exact) mass is 647 g/mol. The number of anilines is 3. The molecule has 0 aliphatic heterocycles. The van der Waals surface area contributed by atoms with Crippen molar-refractivity contribution in [1.82, 2.24) is 0 Å². The molecule has 2 aliphatic carbocycles. The summed E-state index contributed by atoms with van der Waals surface area (Å²) in [4.78, 5) is 23.0. The van der Waals surface area contributed by atoms with Crippen LogP contribution < -0.4 is 16.6 Å². The van der Waals surface area contributed by atoms with Crippen LogP contribution in [0.3, 0.4) is 0 Å². The van der Waals surface area contributed by atoms with Gasteiger partial charge in [0.25, 0.3) is 20.2 Å². The number of nitrogens with two attached hydrogens (primary N) is 1. The van der Waals surface area contributed by atoms with Crippen molar-refractivity contribution in [2.24, 2.45) is 20.4 Å². The molecule has 3 aromatic carbocycles. The van der Waals surface area contributed by atoms with Crippen LogP contribution in [0.15, 0.2) is 115 Å². The van der Waals surface area contributed by atoms with Crippen LogP contribution in [0, 0.1) is 0 Å². The summed E-state index contributed by atoms with van der Waals surface area (Å²) in [6.07, 6.45) is 6.60. The van der Waals surface area contributed by atoms with Gasteiger partial charge in [-0.1, -0.05) is 18.2 Å². The Morgan fingerprint density at radius 2 is 1.36 bits per heavy atom. The van der Waals surface area contributed by atoms with Gasteiger partial charge in [0.2, 0.25) is 5.78 Å². The van der Waals surface area contributed by atoms with E-state index in [1.807, 2.05) is 0 Å². The van der Waals surface area contributed by atoms with E-state index in [1.165, 1.54) is 36.4 Å². The van der Waals surface area contributed by atoms with Gasteiger partial charge in [-0.25, -0.2) is 0 Å². The van der Waals surface area contributed by atoms with E-state index in [4.69, 9.17) is 5.73 Å². The smallest absolute Gasteiger partial charge is 0.296 e. The van der Waals surface area contributed by atoms with Gasteiger partial charge in [0.1, 0.15) is 15.5 Å². The summed E-state index contributed by atoms with van der Waals surface area (Å²) in [5.74, 6) is -1.24. The third-order valence-corrected chi connectivity index (χ3v) is 7.94. The molecule has 5 rings (SSSR count). The maximum atomic E-state index is 13.5. The van der Waals surface area contributed by atoms with Crippen LogP contribution in [-0.4, -0.2) is 48.9 Å². The maximum Gasteiger partial charge on any atom is 0.296 e. The Hall–Kier alpha value is -5.62. The maximum absolute atomic E-state index is 13.5. The molecule has 45 heavy (non-hydrogen) atoms. The first-order valence-corrected chi connectivity index (χ1v) is 15.5. The number of nitrogens with one attached hydrogen (secondary N) is 2. The molecule has 0 spiro atoms. The molecule has 0 atom stereocenters. The molecule has 228 valence electrons. The van der Waals surface area contributed by atoms with E-state index in [2.05, 4.69) is 31.3 Å². The number of benzene rings is 3. The minimum absolute atomic E-state index is 0.155. The molecule has 2 aliphatic rings. The van der Waals surface area contributed by atoms with E-state index in [0.717, 1.165) is 12.1 Å². The summed E-state index contributed by atoms with van der Waals surface area (Å²) >= 11 is 0. The number of carbonyl (C=O) groups is 2. The Labute approximate surface area is 255 Å². The summed E-state index contributed by atoms with van der Waals surface area (Å²) in [7, 11) is -10.1. The van der Waals surface area contributed by atoms with E-state index >= 15 is 0 Å². The van der Waals surface area contributed by atoms with Crippen molar-refractivity contribution in [2.45, 2.75) is 4.90 Å². The van der Waals surface area contributed by atoms with Crippen molar-refractivity contribution in [2.75, 3.05) is 16.6 Å². The van der Waals surface area contributed by atoms with Gasteiger partial charge in [-0.3, -0.25) is 29.5 Å². The fourth-order valence-electron chi connectivity index (χ4n) is 4.09. The molecule has 3 aromatic rings. The van der Waals surface area contributed by atoms with Gasteiger partial charge in [0, 0.05) is 0 Å². The zero-order valence-electron chi connectivity index (χ0n) is 22.7. The van der Waals surface area contributed by atoms with Crippen LogP contribution in [0.2, 0.25) is 0 Å². The number of carbonyl (C=O) groups excluding carboxylic acids is 2. The van der Waals surface area contributed by atoms with Crippen LogP contribution in [0.5, 0.6) is 0 Å². The Balaban J connectivity index is 1.52. The Kier molecular flexibility index (Phi) is 8.34. The molecule has 0 aromatic heterocycles. The largest absolute Gasteiger partial charge is 0.396 e. The molecule has 0 fully saturated rings. The Morgan fingerprint density at radius 3 is 1.98 bits per heavy atom. The second-order valence-corrected chi connectivity index (χ2v) is 12.1. The van der Waals surface area contributed by atoms with E-state index < -0.39 is 52.9 Å². The standard InChI is InChI=1S/C28H21N7O8S2/c29-25-24-16(15-23(45(41,42)43)27(28(24)37)35-32-17-4-2-1-3-5-17)14-22(44(38,39)40)26(25)34-33-19-8-6-18(7-9-19)30-31-20-10-12-21(36)13-11-20/h1-15,30,32H,29H2,(H,38,39,40)(H,41,42,43)/b34-33?,35-27+.